The monoisotopic (exact) mass is 457 g/mol. The van der Waals surface area contributed by atoms with Gasteiger partial charge in [-0.3, -0.25) is 9.59 Å². The SMILES string of the molecule is CCN(C(=O)COc1cc(O)c2c(=O)cc(-c3ccccc3)oc2c1)[C@H]1CCS(=O)(=O)C1. The number of aromatic hydroxyl groups is 1. The van der Waals surface area contributed by atoms with E-state index in [1.165, 1.54) is 23.1 Å². The zero-order valence-corrected chi connectivity index (χ0v) is 18.3. The van der Waals surface area contributed by atoms with Crippen molar-refractivity contribution in [2.24, 2.45) is 0 Å². The van der Waals surface area contributed by atoms with E-state index in [1.807, 2.05) is 18.2 Å². The minimum Gasteiger partial charge on any atom is -0.507 e. The Hall–Kier alpha value is -3.33. The average molecular weight is 458 g/mol. The number of phenolic OH excluding ortho intramolecular Hbond substituents is 1. The third-order valence-electron chi connectivity index (χ3n) is 5.51. The lowest BCUT2D eigenvalue weighted by Crippen LogP contribution is -2.43. The Morgan fingerprint density at radius 1 is 1.22 bits per heavy atom. The standard InChI is InChI=1S/C23H23NO7S/c1-2-24(16-8-9-32(28,29)14-16)22(27)13-30-17-10-18(25)23-19(26)12-20(31-21(23)11-17)15-6-4-3-5-7-15/h3-7,10-12,16,25H,2,8-9,13-14H2,1H3/t16-/m0/s1. The molecule has 0 saturated carbocycles. The number of rotatable bonds is 6. The van der Waals surface area contributed by atoms with E-state index in [-0.39, 0.29) is 52.5 Å². The van der Waals surface area contributed by atoms with Gasteiger partial charge in [-0.1, -0.05) is 30.3 Å². The second kappa shape index (κ2) is 8.66. The van der Waals surface area contributed by atoms with Crippen LogP contribution in [-0.2, 0) is 14.6 Å². The van der Waals surface area contributed by atoms with Crippen LogP contribution in [0.25, 0.3) is 22.3 Å². The average Bonchev–Trinajstić information content (AvgIpc) is 3.12. The lowest BCUT2D eigenvalue weighted by Gasteiger charge is -2.26. The predicted molar refractivity (Wildman–Crippen MR) is 120 cm³/mol. The summed E-state index contributed by atoms with van der Waals surface area (Å²) in [5, 5.41) is 10.4. The molecule has 1 N–H and O–H groups in total. The van der Waals surface area contributed by atoms with Crippen molar-refractivity contribution in [1.82, 2.24) is 4.90 Å². The molecule has 1 aliphatic heterocycles. The number of likely N-dealkylation sites (N-methyl/N-ethyl adjacent to an activating group) is 1. The molecule has 3 aromatic rings. The van der Waals surface area contributed by atoms with E-state index < -0.39 is 15.3 Å². The van der Waals surface area contributed by atoms with Crippen molar-refractivity contribution in [3.8, 4) is 22.8 Å². The lowest BCUT2D eigenvalue weighted by molar-refractivity contribution is -0.135. The summed E-state index contributed by atoms with van der Waals surface area (Å²) in [4.78, 5) is 26.7. The maximum Gasteiger partial charge on any atom is 0.260 e. The molecule has 2 aromatic carbocycles. The highest BCUT2D eigenvalue weighted by molar-refractivity contribution is 7.91. The minimum atomic E-state index is -3.12. The molecule has 0 bridgehead atoms. The van der Waals surface area contributed by atoms with Gasteiger partial charge in [-0.15, -0.1) is 0 Å². The quantitative estimate of drug-likeness (QED) is 0.605. The highest BCUT2D eigenvalue weighted by Crippen LogP contribution is 2.31. The van der Waals surface area contributed by atoms with Crippen LogP contribution in [0.1, 0.15) is 13.3 Å². The van der Waals surface area contributed by atoms with E-state index in [1.54, 1.807) is 19.1 Å². The summed E-state index contributed by atoms with van der Waals surface area (Å²) < 4.78 is 34.9. The molecule has 4 rings (SSSR count). The summed E-state index contributed by atoms with van der Waals surface area (Å²) in [6, 6.07) is 12.7. The molecule has 1 aliphatic rings. The Morgan fingerprint density at radius 3 is 2.62 bits per heavy atom. The maximum absolute atomic E-state index is 12.7. The van der Waals surface area contributed by atoms with Crippen molar-refractivity contribution in [2.75, 3.05) is 24.7 Å². The zero-order chi connectivity index (χ0) is 22.9. The predicted octanol–water partition coefficient (Wildman–Crippen LogP) is 2.58. The Balaban J connectivity index is 1.57. The van der Waals surface area contributed by atoms with Crippen molar-refractivity contribution in [2.45, 2.75) is 19.4 Å². The van der Waals surface area contributed by atoms with Gasteiger partial charge in [0.25, 0.3) is 5.91 Å². The molecular formula is C23H23NO7S. The molecule has 32 heavy (non-hydrogen) atoms. The largest absolute Gasteiger partial charge is 0.507 e. The van der Waals surface area contributed by atoms with Crippen LogP contribution < -0.4 is 10.2 Å². The van der Waals surface area contributed by atoms with E-state index in [9.17, 15) is 23.1 Å². The zero-order valence-electron chi connectivity index (χ0n) is 17.5. The van der Waals surface area contributed by atoms with Crippen LogP contribution in [0.4, 0.5) is 0 Å². The van der Waals surface area contributed by atoms with E-state index >= 15 is 0 Å². The van der Waals surface area contributed by atoms with Gasteiger partial charge in [0.2, 0.25) is 0 Å². The Bertz CT molecular complexity index is 1320. The highest BCUT2D eigenvalue weighted by atomic mass is 32.2. The maximum atomic E-state index is 12.7. The molecule has 0 radical (unpaired) electrons. The summed E-state index contributed by atoms with van der Waals surface area (Å²) in [6.07, 6.45) is 0.409. The van der Waals surface area contributed by atoms with Crippen molar-refractivity contribution in [3.63, 3.8) is 0 Å². The number of ether oxygens (including phenoxy) is 1. The first-order chi connectivity index (χ1) is 15.3. The second-order valence-corrected chi connectivity index (χ2v) is 9.91. The number of sulfone groups is 1. The highest BCUT2D eigenvalue weighted by Gasteiger charge is 2.34. The molecule has 1 amide bonds. The van der Waals surface area contributed by atoms with Gasteiger partial charge in [-0.25, -0.2) is 8.42 Å². The molecule has 9 heteroatoms. The smallest absolute Gasteiger partial charge is 0.260 e. The van der Waals surface area contributed by atoms with Crippen molar-refractivity contribution in [3.05, 3.63) is 58.8 Å². The topological polar surface area (TPSA) is 114 Å². The number of hydrogen-bond donors (Lipinski definition) is 1. The Morgan fingerprint density at radius 2 is 1.97 bits per heavy atom. The van der Waals surface area contributed by atoms with Crippen LogP contribution in [0.15, 0.2) is 57.7 Å². The fourth-order valence-electron chi connectivity index (χ4n) is 3.96. The summed E-state index contributed by atoms with van der Waals surface area (Å²) in [5.41, 5.74) is 0.440. The van der Waals surface area contributed by atoms with Gasteiger partial charge in [0.15, 0.2) is 21.9 Å². The number of nitrogens with zero attached hydrogens (tertiary/aromatic N) is 1. The van der Waals surface area contributed by atoms with Gasteiger partial charge in [-0.05, 0) is 13.3 Å². The van der Waals surface area contributed by atoms with Gasteiger partial charge in [0, 0.05) is 36.3 Å². The normalized spacial score (nSPS) is 17.3. The van der Waals surface area contributed by atoms with Gasteiger partial charge in [-0.2, -0.15) is 0 Å². The Labute approximate surface area is 185 Å². The van der Waals surface area contributed by atoms with Gasteiger partial charge in [0.05, 0.1) is 11.5 Å². The summed E-state index contributed by atoms with van der Waals surface area (Å²) in [5.74, 6) is -0.135. The Kier molecular flexibility index (Phi) is 5.92. The first kappa shape index (κ1) is 21.9. The molecule has 1 atom stereocenters. The van der Waals surface area contributed by atoms with E-state index in [4.69, 9.17) is 9.15 Å². The minimum absolute atomic E-state index is 0.0229. The number of benzene rings is 2. The van der Waals surface area contributed by atoms with E-state index in [0.717, 1.165) is 0 Å². The molecular weight excluding hydrogens is 434 g/mol. The first-order valence-electron chi connectivity index (χ1n) is 10.3. The van der Waals surface area contributed by atoms with Gasteiger partial charge >= 0.3 is 0 Å². The number of fused-ring (bicyclic) bond motifs is 1. The third-order valence-corrected chi connectivity index (χ3v) is 7.26. The van der Waals surface area contributed by atoms with Gasteiger partial charge in [0.1, 0.15) is 28.2 Å². The number of amides is 1. The lowest BCUT2D eigenvalue weighted by atomic mass is 10.1. The van der Waals surface area contributed by atoms with E-state index in [0.29, 0.717) is 24.3 Å². The van der Waals surface area contributed by atoms with Crippen LogP contribution in [0.5, 0.6) is 11.5 Å². The molecule has 8 nitrogen and oxygen atoms in total. The first-order valence-corrected chi connectivity index (χ1v) is 12.1. The van der Waals surface area contributed by atoms with Gasteiger partial charge < -0.3 is 19.2 Å². The van der Waals surface area contributed by atoms with Crippen LogP contribution in [0, 0.1) is 0 Å². The summed E-state index contributed by atoms with van der Waals surface area (Å²) in [7, 11) is -3.12. The van der Waals surface area contributed by atoms with Crippen LogP contribution in [-0.4, -0.2) is 55.0 Å². The van der Waals surface area contributed by atoms with Crippen molar-refractivity contribution in [1.29, 1.82) is 0 Å². The molecule has 0 aliphatic carbocycles. The molecule has 1 fully saturated rings. The summed E-state index contributed by atoms with van der Waals surface area (Å²) in [6.45, 7) is 1.81. The van der Waals surface area contributed by atoms with Crippen LogP contribution in [0.2, 0.25) is 0 Å². The van der Waals surface area contributed by atoms with Crippen molar-refractivity contribution >= 4 is 26.7 Å². The molecule has 1 aromatic heterocycles. The number of carbonyl (C=O) groups excluding carboxylic acids is 1. The fourth-order valence-corrected chi connectivity index (χ4v) is 5.69. The fraction of sp³-hybridized carbons (Fsp3) is 0.304. The number of phenols is 1. The summed E-state index contributed by atoms with van der Waals surface area (Å²) >= 11 is 0. The molecule has 2 heterocycles. The van der Waals surface area contributed by atoms with Crippen molar-refractivity contribution < 1.29 is 27.5 Å². The van der Waals surface area contributed by atoms with Crippen LogP contribution in [0.3, 0.4) is 0 Å². The molecule has 1 saturated heterocycles. The molecule has 0 unspecified atom stereocenters. The molecule has 168 valence electrons. The van der Waals surface area contributed by atoms with E-state index in [2.05, 4.69) is 0 Å². The number of hydrogen-bond acceptors (Lipinski definition) is 7. The number of carbonyl (C=O) groups is 1. The van der Waals surface area contributed by atoms with Crippen LogP contribution >= 0.6 is 0 Å². The molecule has 0 spiro atoms. The third kappa shape index (κ3) is 4.47. The second-order valence-electron chi connectivity index (χ2n) is 7.68.